The molecule has 4 heteroatoms. The van der Waals surface area contributed by atoms with Crippen molar-refractivity contribution >= 4 is 27.3 Å². The van der Waals surface area contributed by atoms with E-state index in [0.717, 1.165) is 10.9 Å². The van der Waals surface area contributed by atoms with E-state index >= 15 is 0 Å². The fourth-order valence-corrected chi connectivity index (χ4v) is 3.30. The Balaban J connectivity index is 2.67. The average molecular weight is 320 g/mol. The number of hydrogen-bond donors (Lipinski definition) is 2. The zero-order valence-corrected chi connectivity index (χ0v) is 13.4. The minimum absolute atomic E-state index is 0.158. The Kier molecular flexibility index (Phi) is 5.64. The van der Waals surface area contributed by atoms with Gasteiger partial charge in [0.25, 0.3) is 0 Å². The first-order valence-electron chi connectivity index (χ1n) is 5.95. The lowest BCUT2D eigenvalue weighted by atomic mass is 9.84. The van der Waals surface area contributed by atoms with Crippen LogP contribution in [0.1, 0.15) is 45.0 Å². The van der Waals surface area contributed by atoms with E-state index in [2.05, 4.69) is 60.4 Å². The van der Waals surface area contributed by atoms with E-state index in [-0.39, 0.29) is 12.0 Å². The molecular weight excluding hydrogens is 298 g/mol. The van der Waals surface area contributed by atoms with Crippen LogP contribution in [0.3, 0.4) is 0 Å². The molecule has 0 aliphatic heterocycles. The van der Waals surface area contributed by atoms with Crippen molar-refractivity contribution in [3.05, 3.63) is 20.8 Å². The number of aliphatic hydroxyl groups excluding tert-OH is 1. The molecule has 0 aliphatic carbocycles. The van der Waals surface area contributed by atoms with E-state index in [9.17, 15) is 0 Å². The second-order valence-electron chi connectivity index (χ2n) is 5.49. The van der Waals surface area contributed by atoms with Crippen LogP contribution < -0.4 is 5.32 Å². The van der Waals surface area contributed by atoms with Gasteiger partial charge in [-0.3, -0.25) is 0 Å². The van der Waals surface area contributed by atoms with Crippen molar-refractivity contribution < 1.29 is 5.11 Å². The molecule has 17 heavy (non-hydrogen) atoms. The van der Waals surface area contributed by atoms with Crippen molar-refractivity contribution in [2.24, 2.45) is 5.41 Å². The summed E-state index contributed by atoms with van der Waals surface area (Å²) in [6, 6.07) is 2.80. The van der Waals surface area contributed by atoms with E-state index < -0.39 is 0 Å². The van der Waals surface area contributed by atoms with Gasteiger partial charge in [0.2, 0.25) is 0 Å². The highest BCUT2D eigenvalue weighted by Crippen LogP contribution is 2.29. The fourth-order valence-electron chi connectivity index (χ4n) is 1.83. The molecule has 0 bridgehead atoms. The molecule has 1 rings (SSSR count). The van der Waals surface area contributed by atoms with Gasteiger partial charge in [-0.15, -0.1) is 11.3 Å². The molecule has 2 unspecified atom stereocenters. The molecule has 0 fully saturated rings. The van der Waals surface area contributed by atoms with Crippen molar-refractivity contribution in [3.63, 3.8) is 0 Å². The van der Waals surface area contributed by atoms with Crippen molar-refractivity contribution in [1.82, 2.24) is 5.32 Å². The number of halogens is 1. The number of aliphatic hydroxyl groups is 1. The molecule has 2 atom stereocenters. The highest BCUT2D eigenvalue weighted by atomic mass is 79.9. The van der Waals surface area contributed by atoms with Crippen molar-refractivity contribution in [1.29, 1.82) is 0 Å². The van der Waals surface area contributed by atoms with Gasteiger partial charge in [-0.05, 0) is 40.8 Å². The molecule has 0 amide bonds. The Labute approximate surface area is 117 Å². The van der Waals surface area contributed by atoms with E-state index in [0.29, 0.717) is 12.1 Å². The van der Waals surface area contributed by atoms with Crippen molar-refractivity contribution in [3.8, 4) is 0 Å². The van der Waals surface area contributed by atoms with Gasteiger partial charge >= 0.3 is 0 Å². The largest absolute Gasteiger partial charge is 0.396 e. The van der Waals surface area contributed by atoms with Gasteiger partial charge < -0.3 is 10.4 Å². The third kappa shape index (κ3) is 4.70. The molecule has 0 spiro atoms. The summed E-state index contributed by atoms with van der Waals surface area (Å²) >= 11 is 5.24. The van der Waals surface area contributed by atoms with Gasteiger partial charge in [0, 0.05) is 33.4 Å². The molecule has 0 aliphatic rings. The van der Waals surface area contributed by atoms with Gasteiger partial charge in [0.15, 0.2) is 0 Å². The second-order valence-corrected chi connectivity index (χ2v) is 7.35. The standard InChI is InChI=1S/C13H22BrNOS/c1-9(11-7-10(14)8-17-11)15-12(5-6-16)13(2,3)4/h7-9,12,15-16H,5-6H2,1-4H3. The maximum Gasteiger partial charge on any atom is 0.0446 e. The van der Waals surface area contributed by atoms with Gasteiger partial charge in [0.1, 0.15) is 0 Å². The molecule has 98 valence electrons. The van der Waals surface area contributed by atoms with Gasteiger partial charge in [-0.25, -0.2) is 0 Å². The molecule has 0 aromatic carbocycles. The Bertz CT molecular complexity index is 345. The third-order valence-corrected chi connectivity index (χ3v) is 4.81. The minimum Gasteiger partial charge on any atom is -0.396 e. The van der Waals surface area contributed by atoms with E-state index in [1.807, 2.05) is 0 Å². The normalized spacial score (nSPS) is 15.9. The SMILES string of the molecule is CC(NC(CCO)C(C)(C)C)c1cc(Br)cs1. The lowest BCUT2D eigenvalue weighted by Gasteiger charge is -2.33. The van der Waals surface area contributed by atoms with Crippen molar-refractivity contribution in [2.45, 2.75) is 46.2 Å². The predicted molar refractivity (Wildman–Crippen MR) is 78.5 cm³/mol. The average Bonchev–Trinajstić information content (AvgIpc) is 2.62. The first-order valence-corrected chi connectivity index (χ1v) is 7.62. The van der Waals surface area contributed by atoms with Crippen LogP contribution in [0.25, 0.3) is 0 Å². The zero-order chi connectivity index (χ0) is 13.1. The summed E-state index contributed by atoms with van der Waals surface area (Å²) in [5.41, 5.74) is 0.158. The maximum atomic E-state index is 9.14. The Hall–Kier alpha value is 0.1000. The molecule has 1 heterocycles. The summed E-state index contributed by atoms with van der Waals surface area (Å²) in [6.07, 6.45) is 0.792. The molecule has 2 nitrogen and oxygen atoms in total. The van der Waals surface area contributed by atoms with Crippen LogP contribution in [0.4, 0.5) is 0 Å². The Morgan fingerprint density at radius 3 is 2.53 bits per heavy atom. The summed E-state index contributed by atoms with van der Waals surface area (Å²) in [7, 11) is 0. The predicted octanol–water partition coefficient (Wildman–Crippen LogP) is 3.96. The molecular formula is C13H22BrNOS. The Morgan fingerprint density at radius 2 is 2.12 bits per heavy atom. The highest BCUT2D eigenvalue weighted by Gasteiger charge is 2.25. The summed E-state index contributed by atoms with van der Waals surface area (Å²) in [4.78, 5) is 1.32. The lowest BCUT2D eigenvalue weighted by Crippen LogP contribution is -2.42. The highest BCUT2D eigenvalue weighted by molar-refractivity contribution is 9.10. The van der Waals surface area contributed by atoms with Gasteiger partial charge in [-0.2, -0.15) is 0 Å². The lowest BCUT2D eigenvalue weighted by molar-refractivity contribution is 0.188. The van der Waals surface area contributed by atoms with Crippen LogP contribution >= 0.6 is 27.3 Å². The maximum absolute atomic E-state index is 9.14. The topological polar surface area (TPSA) is 32.3 Å². The van der Waals surface area contributed by atoms with Crippen LogP contribution in [0.2, 0.25) is 0 Å². The van der Waals surface area contributed by atoms with E-state index in [4.69, 9.17) is 5.11 Å². The second kappa shape index (κ2) is 6.32. The van der Waals surface area contributed by atoms with Crippen molar-refractivity contribution in [2.75, 3.05) is 6.61 Å². The van der Waals surface area contributed by atoms with Gasteiger partial charge in [0.05, 0.1) is 0 Å². The van der Waals surface area contributed by atoms with E-state index in [1.54, 1.807) is 11.3 Å². The first-order chi connectivity index (χ1) is 7.84. The molecule has 0 radical (unpaired) electrons. The molecule has 0 saturated carbocycles. The minimum atomic E-state index is 0.158. The summed E-state index contributed by atoms with van der Waals surface area (Å²) in [5, 5.41) is 14.9. The molecule has 2 N–H and O–H groups in total. The van der Waals surface area contributed by atoms with Crippen LogP contribution in [0.5, 0.6) is 0 Å². The monoisotopic (exact) mass is 319 g/mol. The van der Waals surface area contributed by atoms with Crippen LogP contribution in [-0.4, -0.2) is 17.8 Å². The van der Waals surface area contributed by atoms with Crippen LogP contribution in [0.15, 0.2) is 15.9 Å². The van der Waals surface area contributed by atoms with Crippen LogP contribution in [0, 0.1) is 5.41 Å². The smallest absolute Gasteiger partial charge is 0.0446 e. The summed E-state index contributed by atoms with van der Waals surface area (Å²) in [6.45, 7) is 9.02. The van der Waals surface area contributed by atoms with Crippen LogP contribution in [-0.2, 0) is 0 Å². The number of rotatable bonds is 5. The third-order valence-electron chi connectivity index (χ3n) is 2.93. The molecule has 1 aromatic rings. The van der Waals surface area contributed by atoms with Gasteiger partial charge in [-0.1, -0.05) is 20.8 Å². The first kappa shape index (κ1) is 15.2. The quantitative estimate of drug-likeness (QED) is 0.861. The number of thiophene rings is 1. The number of nitrogens with one attached hydrogen (secondary N) is 1. The molecule has 1 aromatic heterocycles. The van der Waals surface area contributed by atoms with E-state index in [1.165, 1.54) is 4.88 Å². The zero-order valence-electron chi connectivity index (χ0n) is 11.0. The summed E-state index contributed by atoms with van der Waals surface area (Å²) in [5.74, 6) is 0. The Morgan fingerprint density at radius 1 is 1.47 bits per heavy atom. The molecule has 0 saturated heterocycles. The number of hydrogen-bond acceptors (Lipinski definition) is 3. The summed E-state index contributed by atoms with van der Waals surface area (Å²) < 4.78 is 1.14. The fraction of sp³-hybridized carbons (Fsp3) is 0.692.